The topological polar surface area (TPSA) is 17.1 Å². The lowest BCUT2D eigenvalue weighted by atomic mass is 9.79. The van der Waals surface area contributed by atoms with Crippen LogP contribution in [0.3, 0.4) is 0 Å². The number of carbonyl (C=O) groups excluding carboxylic acids is 1. The van der Waals surface area contributed by atoms with E-state index >= 15 is 0 Å². The summed E-state index contributed by atoms with van der Waals surface area (Å²) in [5.41, 5.74) is 2.90. The highest BCUT2D eigenvalue weighted by molar-refractivity contribution is 6.09. The highest BCUT2D eigenvalue weighted by Gasteiger charge is 2.20. The lowest BCUT2D eigenvalue weighted by Gasteiger charge is -2.26. The number of hydrogen-bond acceptors (Lipinski definition) is 1. The van der Waals surface area contributed by atoms with E-state index in [-0.39, 0.29) is 5.78 Å². The molecule has 0 saturated heterocycles. The molecule has 90 valence electrons. The minimum Gasteiger partial charge on any atom is -0.289 e. The molecule has 1 saturated carbocycles. The summed E-state index contributed by atoms with van der Waals surface area (Å²) in [5.74, 6) is 0.797. The van der Waals surface area contributed by atoms with E-state index in [0.717, 1.165) is 11.1 Å². The van der Waals surface area contributed by atoms with Gasteiger partial charge in [0.1, 0.15) is 0 Å². The van der Waals surface area contributed by atoms with E-state index < -0.39 is 0 Å². The molecule has 0 radical (unpaired) electrons. The highest BCUT2D eigenvalue weighted by Crippen LogP contribution is 2.36. The molecule has 1 aliphatic rings. The minimum atomic E-state index is 0.122. The summed E-state index contributed by atoms with van der Waals surface area (Å²) in [7, 11) is 0. The summed E-state index contributed by atoms with van der Waals surface area (Å²) in [6.07, 6.45) is 3.85. The molecule has 2 aromatic carbocycles. The number of ketones is 1. The maximum atomic E-state index is 12.3. The molecule has 0 unspecified atom stereocenters. The van der Waals surface area contributed by atoms with Gasteiger partial charge in [0.2, 0.25) is 0 Å². The molecule has 0 heterocycles. The smallest absolute Gasteiger partial charge is 0.193 e. The quantitative estimate of drug-likeness (QED) is 0.730. The van der Waals surface area contributed by atoms with Gasteiger partial charge in [0, 0.05) is 11.1 Å². The summed E-state index contributed by atoms with van der Waals surface area (Å²) in [4.78, 5) is 12.3. The molecule has 3 rings (SSSR count). The maximum Gasteiger partial charge on any atom is 0.193 e. The molecular weight excluding hydrogens is 220 g/mol. The summed E-state index contributed by atoms with van der Waals surface area (Å²) in [6, 6.07) is 17.6. The third-order valence-corrected chi connectivity index (χ3v) is 3.76. The maximum absolute atomic E-state index is 12.3. The Labute approximate surface area is 107 Å². The molecule has 18 heavy (non-hydrogen) atoms. The Bertz CT molecular complexity index is 553. The second-order valence-electron chi connectivity index (χ2n) is 4.95. The molecular formula is C17H16O. The van der Waals surface area contributed by atoms with Crippen LogP contribution < -0.4 is 0 Å². The van der Waals surface area contributed by atoms with Gasteiger partial charge in [-0.1, -0.05) is 55.0 Å². The molecule has 0 aliphatic heterocycles. The molecule has 1 fully saturated rings. The van der Waals surface area contributed by atoms with E-state index in [1.807, 2.05) is 42.5 Å². The van der Waals surface area contributed by atoms with Crippen molar-refractivity contribution in [3.8, 4) is 0 Å². The predicted octanol–water partition coefficient (Wildman–Crippen LogP) is 4.19. The zero-order valence-electron chi connectivity index (χ0n) is 10.3. The summed E-state index contributed by atoms with van der Waals surface area (Å²) in [5, 5.41) is 0. The highest BCUT2D eigenvalue weighted by atomic mass is 16.1. The summed E-state index contributed by atoms with van der Waals surface area (Å²) < 4.78 is 0. The molecule has 0 amide bonds. The Morgan fingerprint density at radius 1 is 0.889 bits per heavy atom. The van der Waals surface area contributed by atoms with Gasteiger partial charge in [-0.15, -0.1) is 0 Å². The van der Waals surface area contributed by atoms with Crippen LogP contribution >= 0.6 is 0 Å². The number of hydrogen-bond donors (Lipinski definition) is 0. The van der Waals surface area contributed by atoms with Crippen molar-refractivity contribution in [1.82, 2.24) is 0 Å². The molecule has 0 aromatic heterocycles. The zero-order valence-corrected chi connectivity index (χ0v) is 10.3. The van der Waals surface area contributed by atoms with Gasteiger partial charge in [0.15, 0.2) is 5.78 Å². The van der Waals surface area contributed by atoms with Crippen LogP contribution in [0.25, 0.3) is 0 Å². The first kappa shape index (κ1) is 11.2. The van der Waals surface area contributed by atoms with Gasteiger partial charge in [0.05, 0.1) is 0 Å². The monoisotopic (exact) mass is 236 g/mol. The van der Waals surface area contributed by atoms with E-state index in [9.17, 15) is 4.79 Å². The van der Waals surface area contributed by atoms with Gasteiger partial charge in [-0.2, -0.15) is 0 Å². The van der Waals surface area contributed by atoms with Crippen LogP contribution in [0, 0.1) is 0 Å². The minimum absolute atomic E-state index is 0.122. The fourth-order valence-corrected chi connectivity index (χ4v) is 2.43. The number of carbonyl (C=O) groups is 1. The van der Waals surface area contributed by atoms with Crippen molar-refractivity contribution in [2.75, 3.05) is 0 Å². The number of benzene rings is 2. The van der Waals surface area contributed by atoms with E-state index in [1.54, 1.807) is 0 Å². The van der Waals surface area contributed by atoms with Crippen molar-refractivity contribution >= 4 is 5.78 Å². The van der Waals surface area contributed by atoms with Crippen molar-refractivity contribution in [1.29, 1.82) is 0 Å². The van der Waals surface area contributed by atoms with Crippen molar-refractivity contribution in [3.05, 3.63) is 71.3 Å². The van der Waals surface area contributed by atoms with Gasteiger partial charge >= 0.3 is 0 Å². The molecule has 0 N–H and O–H groups in total. The Kier molecular flexibility index (Phi) is 2.97. The van der Waals surface area contributed by atoms with Crippen LogP contribution in [0.4, 0.5) is 0 Å². The van der Waals surface area contributed by atoms with Gasteiger partial charge in [-0.25, -0.2) is 0 Å². The van der Waals surface area contributed by atoms with Crippen LogP contribution in [0.1, 0.15) is 46.7 Å². The van der Waals surface area contributed by atoms with Crippen LogP contribution in [0.15, 0.2) is 54.6 Å². The lowest BCUT2D eigenvalue weighted by molar-refractivity contribution is 0.103. The van der Waals surface area contributed by atoms with Crippen molar-refractivity contribution in [2.45, 2.75) is 25.2 Å². The lowest BCUT2D eigenvalue weighted by Crippen LogP contribution is -2.10. The summed E-state index contributed by atoms with van der Waals surface area (Å²) >= 11 is 0. The van der Waals surface area contributed by atoms with Gasteiger partial charge in [-0.3, -0.25) is 4.79 Å². The van der Waals surface area contributed by atoms with Crippen LogP contribution in [0.2, 0.25) is 0 Å². The van der Waals surface area contributed by atoms with Crippen molar-refractivity contribution < 1.29 is 4.79 Å². The standard InChI is InChI=1S/C17H16O/c18-17(14-6-2-1-3-7-14)16-11-5-10-15(12-16)13-8-4-9-13/h1-3,5-7,10-13H,4,8-9H2. The van der Waals surface area contributed by atoms with Gasteiger partial charge < -0.3 is 0 Å². The Morgan fingerprint density at radius 3 is 2.28 bits per heavy atom. The van der Waals surface area contributed by atoms with Crippen molar-refractivity contribution in [3.63, 3.8) is 0 Å². The van der Waals surface area contributed by atoms with Crippen LogP contribution in [0.5, 0.6) is 0 Å². The van der Waals surface area contributed by atoms with Gasteiger partial charge in [-0.05, 0) is 30.4 Å². The largest absolute Gasteiger partial charge is 0.289 e. The molecule has 1 aliphatic carbocycles. The molecule has 0 atom stereocenters. The third-order valence-electron chi connectivity index (χ3n) is 3.76. The van der Waals surface area contributed by atoms with Crippen molar-refractivity contribution in [2.24, 2.45) is 0 Å². The Balaban J connectivity index is 1.90. The summed E-state index contributed by atoms with van der Waals surface area (Å²) in [6.45, 7) is 0. The fraction of sp³-hybridized carbons (Fsp3) is 0.235. The van der Waals surface area contributed by atoms with E-state index in [2.05, 4.69) is 12.1 Å². The first-order chi connectivity index (χ1) is 8.84. The SMILES string of the molecule is O=C(c1ccccc1)c1cccc(C2CCC2)c1. The molecule has 1 nitrogen and oxygen atoms in total. The first-order valence-electron chi connectivity index (χ1n) is 6.54. The normalized spacial score (nSPS) is 15.1. The second-order valence-corrected chi connectivity index (χ2v) is 4.95. The average Bonchev–Trinajstić information content (AvgIpc) is 2.37. The molecule has 1 heteroatoms. The molecule has 0 spiro atoms. The third kappa shape index (κ3) is 2.08. The van der Waals surface area contributed by atoms with E-state index in [0.29, 0.717) is 5.92 Å². The molecule has 0 bridgehead atoms. The molecule has 2 aromatic rings. The second kappa shape index (κ2) is 4.77. The first-order valence-corrected chi connectivity index (χ1v) is 6.54. The fourth-order valence-electron chi connectivity index (χ4n) is 2.43. The average molecular weight is 236 g/mol. The predicted molar refractivity (Wildman–Crippen MR) is 72.9 cm³/mol. The van der Waals surface area contributed by atoms with Crippen LogP contribution in [-0.2, 0) is 0 Å². The van der Waals surface area contributed by atoms with E-state index in [4.69, 9.17) is 0 Å². The number of rotatable bonds is 3. The van der Waals surface area contributed by atoms with E-state index in [1.165, 1.54) is 24.8 Å². The zero-order chi connectivity index (χ0) is 12.4. The Hall–Kier alpha value is -1.89. The Morgan fingerprint density at radius 2 is 1.61 bits per heavy atom. The van der Waals surface area contributed by atoms with Crippen LogP contribution in [-0.4, -0.2) is 5.78 Å². The van der Waals surface area contributed by atoms with Gasteiger partial charge in [0.25, 0.3) is 0 Å².